The Morgan fingerprint density at radius 3 is 1.80 bits per heavy atom. The molecule has 0 aliphatic rings. The van der Waals surface area contributed by atoms with Crippen molar-refractivity contribution in [3.05, 3.63) is 97.3 Å². The summed E-state index contributed by atoms with van der Waals surface area (Å²) in [7, 11) is 0. The zero-order chi connectivity index (χ0) is 17.5. The van der Waals surface area contributed by atoms with Crippen LogP contribution in [-0.4, -0.2) is 4.98 Å². The molecule has 0 aliphatic heterocycles. The Labute approximate surface area is 149 Å². The van der Waals surface area contributed by atoms with Gasteiger partial charge in [0.2, 0.25) is 0 Å². The summed E-state index contributed by atoms with van der Waals surface area (Å²) in [6, 6.07) is 29.4. The number of anilines is 3. The molecule has 0 fully saturated rings. The summed E-state index contributed by atoms with van der Waals surface area (Å²) in [5.74, 6) is 0. The minimum absolute atomic E-state index is 1.14. The van der Waals surface area contributed by atoms with Gasteiger partial charge in [-0.1, -0.05) is 56.3 Å². The number of fused-ring (bicyclic) bond motifs is 1. The average Bonchev–Trinajstić information content (AvgIpc) is 2.71. The Bertz CT molecular complexity index is 878. The molecule has 4 rings (SSSR count). The Morgan fingerprint density at radius 1 is 0.600 bits per heavy atom. The Morgan fingerprint density at radius 2 is 1.20 bits per heavy atom. The second kappa shape index (κ2) is 8.11. The number of aromatic nitrogens is 1. The van der Waals surface area contributed by atoms with Crippen molar-refractivity contribution in [2.24, 2.45) is 0 Å². The molecule has 124 valence electrons. The molecule has 2 nitrogen and oxygen atoms in total. The average molecular weight is 326 g/mol. The summed E-state index contributed by atoms with van der Waals surface area (Å²) in [4.78, 5) is 6.45. The van der Waals surface area contributed by atoms with Gasteiger partial charge >= 0.3 is 0 Å². The first-order valence-corrected chi connectivity index (χ1v) is 8.66. The Balaban J connectivity index is 0.000000880. The maximum atomic E-state index is 4.19. The quantitative estimate of drug-likeness (QED) is 0.415. The van der Waals surface area contributed by atoms with Crippen molar-refractivity contribution >= 4 is 27.8 Å². The van der Waals surface area contributed by atoms with E-state index in [9.17, 15) is 0 Å². The van der Waals surface area contributed by atoms with E-state index in [-0.39, 0.29) is 0 Å². The molecule has 1 heterocycles. The highest BCUT2D eigenvalue weighted by molar-refractivity contribution is 5.88. The molecule has 0 saturated heterocycles. The highest BCUT2D eigenvalue weighted by Gasteiger charge is 2.11. The van der Waals surface area contributed by atoms with Crippen LogP contribution in [0, 0.1) is 0 Å². The van der Waals surface area contributed by atoms with Crippen LogP contribution >= 0.6 is 0 Å². The molecule has 0 saturated carbocycles. The van der Waals surface area contributed by atoms with Gasteiger partial charge in [-0.15, -0.1) is 0 Å². The monoisotopic (exact) mass is 326 g/mol. The van der Waals surface area contributed by atoms with E-state index in [1.54, 1.807) is 0 Å². The van der Waals surface area contributed by atoms with Crippen LogP contribution in [0.15, 0.2) is 97.3 Å². The van der Waals surface area contributed by atoms with E-state index in [0.717, 1.165) is 22.4 Å². The molecule has 0 amide bonds. The first kappa shape index (κ1) is 16.7. The summed E-state index contributed by atoms with van der Waals surface area (Å²) < 4.78 is 0. The van der Waals surface area contributed by atoms with Crippen LogP contribution in [0.2, 0.25) is 0 Å². The van der Waals surface area contributed by atoms with Gasteiger partial charge in [-0.25, -0.2) is 0 Å². The van der Waals surface area contributed by atoms with Crippen LogP contribution in [0.25, 0.3) is 10.8 Å². The van der Waals surface area contributed by atoms with E-state index >= 15 is 0 Å². The predicted molar refractivity (Wildman–Crippen MR) is 108 cm³/mol. The minimum Gasteiger partial charge on any atom is -0.310 e. The second-order valence-electron chi connectivity index (χ2n) is 5.41. The third kappa shape index (κ3) is 3.69. The van der Waals surface area contributed by atoms with Crippen LogP contribution < -0.4 is 4.90 Å². The zero-order valence-corrected chi connectivity index (χ0v) is 14.6. The molecule has 1 aromatic heterocycles. The van der Waals surface area contributed by atoms with Gasteiger partial charge in [-0.05, 0) is 47.9 Å². The van der Waals surface area contributed by atoms with E-state index in [0.29, 0.717) is 0 Å². The molecule has 0 bridgehead atoms. The molecular formula is C23H22N2. The van der Waals surface area contributed by atoms with E-state index in [4.69, 9.17) is 0 Å². The normalized spacial score (nSPS) is 10.0. The third-order valence-electron chi connectivity index (χ3n) is 3.91. The molecule has 2 heteroatoms. The number of hydrogen-bond acceptors (Lipinski definition) is 2. The van der Waals surface area contributed by atoms with Crippen molar-refractivity contribution in [1.82, 2.24) is 4.98 Å². The molecule has 3 aromatic carbocycles. The first-order chi connectivity index (χ1) is 12.4. The standard InChI is InChI=1S/C21H16N2.C2H6/c1-3-7-19(8-4-1)23(20-9-5-2-6-10-20)21-12-11-18-16-22-14-13-17(18)15-21;1-2/h1-16H;1-2H3. The van der Waals surface area contributed by atoms with E-state index in [1.165, 1.54) is 5.39 Å². The highest BCUT2D eigenvalue weighted by Crippen LogP contribution is 2.35. The van der Waals surface area contributed by atoms with Gasteiger partial charge < -0.3 is 4.90 Å². The van der Waals surface area contributed by atoms with Gasteiger partial charge in [0, 0.05) is 34.8 Å². The number of pyridine rings is 1. The van der Waals surface area contributed by atoms with Gasteiger partial charge in [-0.3, -0.25) is 4.98 Å². The van der Waals surface area contributed by atoms with Crippen molar-refractivity contribution in [2.75, 3.05) is 4.90 Å². The third-order valence-corrected chi connectivity index (χ3v) is 3.91. The molecule has 25 heavy (non-hydrogen) atoms. The van der Waals surface area contributed by atoms with Crippen LogP contribution in [-0.2, 0) is 0 Å². The van der Waals surface area contributed by atoms with E-state index < -0.39 is 0 Å². The van der Waals surface area contributed by atoms with Gasteiger partial charge in [0.15, 0.2) is 0 Å². The van der Waals surface area contributed by atoms with Crippen molar-refractivity contribution in [1.29, 1.82) is 0 Å². The molecule has 0 N–H and O–H groups in total. The number of benzene rings is 3. The van der Waals surface area contributed by atoms with Gasteiger partial charge in [-0.2, -0.15) is 0 Å². The first-order valence-electron chi connectivity index (χ1n) is 8.66. The maximum Gasteiger partial charge on any atom is 0.0468 e. The van der Waals surface area contributed by atoms with Crippen molar-refractivity contribution in [2.45, 2.75) is 13.8 Å². The van der Waals surface area contributed by atoms with Crippen LogP contribution in [0.1, 0.15) is 13.8 Å². The molecule has 0 radical (unpaired) electrons. The number of para-hydroxylation sites is 2. The van der Waals surface area contributed by atoms with Crippen LogP contribution in [0.5, 0.6) is 0 Å². The van der Waals surface area contributed by atoms with Gasteiger partial charge in [0.05, 0.1) is 0 Å². The van der Waals surface area contributed by atoms with Crippen molar-refractivity contribution in [3.8, 4) is 0 Å². The summed E-state index contributed by atoms with van der Waals surface area (Å²) in [6.45, 7) is 4.00. The predicted octanol–water partition coefficient (Wildman–Crippen LogP) is 6.73. The molecular weight excluding hydrogens is 304 g/mol. The van der Waals surface area contributed by atoms with Gasteiger partial charge in [0.1, 0.15) is 0 Å². The lowest BCUT2D eigenvalue weighted by molar-refractivity contribution is 1.29. The lowest BCUT2D eigenvalue weighted by Gasteiger charge is -2.25. The largest absolute Gasteiger partial charge is 0.310 e. The lowest BCUT2D eigenvalue weighted by Crippen LogP contribution is -2.09. The fraction of sp³-hybridized carbons (Fsp3) is 0.0870. The van der Waals surface area contributed by atoms with Crippen molar-refractivity contribution < 1.29 is 0 Å². The number of nitrogens with zero attached hydrogens (tertiary/aromatic N) is 2. The van der Waals surface area contributed by atoms with E-state index in [2.05, 4.69) is 76.6 Å². The van der Waals surface area contributed by atoms with Gasteiger partial charge in [0.25, 0.3) is 0 Å². The van der Waals surface area contributed by atoms with E-state index in [1.807, 2.05) is 44.4 Å². The number of rotatable bonds is 3. The molecule has 0 atom stereocenters. The lowest BCUT2D eigenvalue weighted by atomic mass is 10.1. The summed E-state index contributed by atoms with van der Waals surface area (Å²) >= 11 is 0. The Hall–Kier alpha value is -3.13. The molecule has 4 aromatic rings. The topological polar surface area (TPSA) is 16.1 Å². The second-order valence-corrected chi connectivity index (χ2v) is 5.41. The summed E-state index contributed by atoms with van der Waals surface area (Å²) in [5, 5.41) is 2.34. The molecule has 0 spiro atoms. The fourth-order valence-electron chi connectivity index (χ4n) is 2.81. The molecule has 0 unspecified atom stereocenters. The fourth-order valence-corrected chi connectivity index (χ4v) is 2.81. The minimum atomic E-state index is 1.14. The van der Waals surface area contributed by atoms with Crippen LogP contribution in [0.4, 0.5) is 17.1 Å². The Kier molecular flexibility index (Phi) is 5.43. The summed E-state index contributed by atoms with van der Waals surface area (Å²) in [5.41, 5.74) is 3.43. The maximum absolute atomic E-state index is 4.19. The van der Waals surface area contributed by atoms with Crippen molar-refractivity contribution in [3.63, 3.8) is 0 Å². The number of hydrogen-bond donors (Lipinski definition) is 0. The van der Waals surface area contributed by atoms with Crippen LogP contribution in [0.3, 0.4) is 0 Å². The smallest absolute Gasteiger partial charge is 0.0468 e. The SMILES string of the molecule is CC.c1ccc(N(c2ccccc2)c2ccc3cnccc3c2)cc1. The highest BCUT2D eigenvalue weighted by atomic mass is 15.1. The zero-order valence-electron chi connectivity index (χ0n) is 14.6. The molecule has 0 aliphatic carbocycles. The summed E-state index contributed by atoms with van der Waals surface area (Å²) in [6.07, 6.45) is 3.73.